The van der Waals surface area contributed by atoms with Crippen LogP contribution in [0.3, 0.4) is 0 Å². The Bertz CT molecular complexity index is 197. The van der Waals surface area contributed by atoms with Crippen LogP contribution >= 0.6 is 12.4 Å². The van der Waals surface area contributed by atoms with Crippen LogP contribution in [0.15, 0.2) is 0 Å². The molecule has 1 amide bonds. The summed E-state index contributed by atoms with van der Waals surface area (Å²) in [4.78, 5) is 11.5. The summed E-state index contributed by atoms with van der Waals surface area (Å²) in [7, 11) is 0. The van der Waals surface area contributed by atoms with Crippen LogP contribution < -0.4 is 11.1 Å². The molecule has 0 bridgehead atoms. The molecule has 0 saturated heterocycles. The van der Waals surface area contributed by atoms with E-state index in [1.165, 1.54) is 0 Å². The molecule has 0 fully saturated rings. The number of nitrogens with two attached hydrogens (primary N) is 1. The summed E-state index contributed by atoms with van der Waals surface area (Å²) in [6.07, 6.45) is 3.93. The van der Waals surface area contributed by atoms with Crippen LogP contribution in [0.25, 0.3) is 0 Å². The summed E-state index contributed by atoms with van der Waals surface area (Å²) in [5.41, 5.74) is 5.39. The van der Waals surface area contributed by atoms with Crippen molar-refractivity contribution in [3.8, 4) is 0 Å². The number of hydrogen-bond acceptors (Lipinski definition) is 3. The molecule has 17 heavy (non-hydrogen) atoms. The number of carbonyl (C=O) groups excluding carboxylic acids is 1. The third kappa shape index (κ3) is 7.58. The summed E-state index contributed by atoms with van der Waals surface area (Å²) in [5.74, 6) is 0.0645. The number of hydrogen-bond donors (Lipinski definition) is 3. The normalized spacial score (nSPS) is 10.8. The quantitative estimate of drug-likeness (QED) is 0.591. The fraction of sp³-hybridized carbons (Fsp3) is 0.917. The fourth-order valence-electron chi connectivity index (χ4n) is 1.82. The molecule has 104 valence electrons. The van der Waals surface area contributed by atoms with E-state index >= 15 is 0 Å². The zero-order valence-electron chi connectivity index (χ0n) is 11.0. The Balaban J connectivity index is 0. The third-order valence-corrected chi connectivity index (χ3v) is 3.41. The van der Waals surface area contributed by atoms with Gasteiger partial charge in [0.15, 0.2) is 0 Å². The van der Waals surface area contributed by atoms with Gasteiger partial charge >= 0.3 is 0 Å². The Labute approximate surface area is 111 Å². The molecule has 4 N–H and O–H groups in total. The van der Waals surface area contributed by atoms with Crippen LogP contribution in [-0.2, 0) is 4.79 Å². The van der Waals surface area contributed by atoms with Gasteiger partial charge < -0.3 is 16.2 Å². The van der Waals surface area contributed by atoms with Crippen LogP contribution in [-0.4, -0.2) is 30.7 Å². The molecule has 0 rings (SSSR count). The molecule has 0 aromatic carbocycles. The number of aliphatic hydroxyl groups excluding tert-OH is 1. The monoisotopic (exact) mass is 266 g/mol. The molecule has 0 radical (unpaired) electrons. The van der Waals surface area contributed by atoms with E-state index in [2.05, 4.69) is 19.2 Å². The molecule has 0 unspecified atom stereocenters. The van der Waals surface area contributed by atoms with Gasteiger partial charge in [0.1, 0.15) is 0 Å². The van der Waals surface area contributed by atoms with Crippen molar-refractivity contribution in [2.45, 2.75) is 46.0 Å². The number of rotatable bonds is 9. The van der Waals surface area contributed by atoms with Crippen molar-refractivity contribution in [2.24, 2.45) is 11.1 Å². The molecule has 0 aliphatic heterocycles. The average Bonchev–Trinajstić information content (AvgIpc) is 2.32. The van der Waals surface area contributed by atoms with E-state index in [0.717, 1.165) is 25.7 Å². The third-order valence-electron chi connectivity index (χ3n) is 3.41. The molecule has 0 saturated carbocycles. The van der Waals surface area contributed by atoms with Crippen LogP contribution in [0.4, 0.5) is 0 Å². The van der Waals surface area contributed by atoms with E-state index in [-0.39, 0.29) is 30.3 Å². The minimum Gasteiger partial charge on any atom is -0.396 e. The number of aliphatic hydroxyl groups is 1. The topological polar surface area (TPSA) is 75.3 Å². The maximum atomic E-state index is 11.5. The highest BCUT2D eigenvalue weighted by atomic mass is 35.5. The zero-order valence-corrected chi connectivity index (χ0v) is 11.8. The van der Waals surface area contributed by atoms with Gasteiger partial charge in [0.2, 0.25) is 5.91 Å². The Morgan fingerprint density at radius 1 is 1.35 bits per heavy atom. The predicted molar refractivity (Wildman–Crippen MR) is 73.3 cm³/mol. The standard InChI is InChI=1S/C12H26N2O2.ClH/c1-3-12(4-2,7-9-15)10-14-11(16)6-5-8-13;/h15H,3-10,13H2,1-2H3,(H,14,16);1H. The molecule has 0 aromatic rings. The highest BCUT2D eigenvalue weighted by Crippen LogP contribution is 2.29. The van der Waals surface area contributed by atoms with Crippen molar-refractivity contribution >= 4 is 18.3 Å². The smallest absolute Gasteiger partial charge is 0.220 e. The Morgan fingerprint density at radius 3 is 2.35 bits per heavy atom. The molecule has 0 spiro atoms. The van der Waals surface area contributed by atoms with Crippen LogP contribution in [0.2, 0.25) is 0 Å². The first-order chi connectivity index (χ1) is 7.64. The van der Waals surface area contributed by atoms with E-state index in [0.29, 0.717) is 19.5 Å². The molecular formula is C12H27ClN2O2. The van der Waals surface area contributed by atoms with Crippen LogP contribution in [0.1, 0.15) is 46.0 Å². The molecule has 0 aliphatic rings. The second-order valence-electron chi connectivity index (χ2n) is 4.35. The summed E-state index contributed by atoms with van der Waals surface area (Å²) in [6, 6.07) is 0. The average molecular weight is 267 g/mol. The van der Waals surface area contributed by atoms with E-state index in [1.807, 2.05) is 0 Å². The molecule has 5 heteroatoms. The first kappa shape index (κ1) is 19.0. The van der Waals surface area contributed by atoms with Crippen molar-refractivity contribution < 1.29 is 9.90 Å². The summed E-state index contributed by atoms with van der Waals surface area (Å²) < 4.78 is 0. The first-order valence-corrected chi connectivity index (χ1v) is 6.21. The van der Waals surface area contributed by atoms with E-state index in [1.54, 1.807) is 0 Å². The second-order valence-corrected chi connectivity index (χ2v) is 4.35. The minimum atomic E-state index is 0. The van der Waals surface area contributed by atoms with Gasteiger partial charge in [-0.15, -0.1) is 12.4 Å². The van der Waals surface area contributed by atoms with Crippen molar-refractivity contribution in [1.29, 1.82) is 0 Å². The lowest BCUT2D eigenvalue weighted by molar-refractivity contribution is -0.121. The van der Waals surface area contributed by atoms with E-state index in [9.17, 15) is 4.79 Å². The number of nitrogens with one attached hydrogen (secondary N) is 1. The minimum absolute atomic E-state index is 0. The maximum Gasteiger partial charge on any atom is 0.220 e. The van der Waals surface area contributed by atoms with Gasteiger partial charge in [-0.1, -0.05) is 13.8 Å². The molecular weight excluding hydrogens is 240 g/mol. The van der Waals surface area contributed by atoms with Gasteiger partial charge in [-0.05, 0) is 37.6 Å². The fourth-order valence-corrected chi connectivity index (χ4v) is 1.82. The van der Waals surface area contributed by atoms with Gasteiger partial charge in [0, 0.05) is 19.6 Å². The second kappa shape index (κ2) is 10.8. The summed E-state index contributed by atoms with van der Waals surface area (Å²) >= 11 is 0. The van der Waals surface area contributed by atoms with Crippen molar-refractivity contribution in [3.63, 3.8) is 0 Å². The van der Waals surface area contributed by atoms with E-state index < -0.39 is 0 Å². The van der Waals surface area contributed by atoms with Gasteiger partial charge in [-0.25, -0.2) is 0 Å². The molecule has 0 atom stereocenters. The lowest BCUT2D eigenvalue weighted by Crippen LogP contribution is -2.37. The summed E-state index contributed by atoms with van der Waals surface area (Å²) in [6.45, 7) is 5.59. The lowest BCUT2D eigenvalue weighted by Gasteiger charge is -2.31. The highest BCUT2D eigenvalue weighted by Gasteiger charge is 2.25. The van der Waals surface area contributed by atoms with Gasteiger partial charge in [0.05, 0.1) is 0 Å². The summed E-state index contributed by atoms with van der Waals surface area (Å²) in [5, 5.41) is 12.0. The number of amides is 1. The SMILES string of the molecule is CCC(CC)(CCO)CNC(=O)CCCN.Cl. The molecule has 0 aliphatic carbocycles. The van der Waals surface area contributed by atoms with Crippen LogP contribution in [0, 0.1) is 5.41 Å². The molecule has 0 aromatic heterocycles. The molecule has 4 nitrogen and oxygen atoms in total. The highest BCUT2D eigenvalue weighted by molar-refractivity contribution is 5.85. The van der Waals surface area contributed by atoms with E-state index in [4.69, 9.17) is 10.8 Å². The number of carbonyl (C=O) groups is 1. The number of halogens is 1. The van der Waals surface area contributed by atoms with Gasteiger partial charge in [-0.3, -0.25) is 4.79 Å². The van der Waals surface area contributed by atoms with Crippen molar-refractivity contribution in [3.05, 3.63) is 0 Å². The molecule has 0 heterocycles. The van der Waals surface area contributed by atoms with Crippen molar-refractivity contribution in [1.82, 2.24) is 5.32 Å². The predicted octanol–water partition coefficient (Wildman–Crippen LogP) is 1.45. The van der Waals surface area contributed by atoms with Gasteiger partial charge in [0.25, 0.3) is 0 Å². The Morgan fingerprint density at radius 2 is 1.94 bits per heavy atom. The zero-order chi connectivity index (χ0) is 12.4. The Kier molecular flexibility index (Phi) is 12.1. The van der Waals surface area contributed by atoms with Crippen molar-refractivity contribution in [2.75, 3.05) is 19.7 Å². The maximum absolute atomic E-state index is 11.5. The Hall–Kier alpha value is -0.320. The first-order valence-electron chi connectivity index (χ1n) is 6.21. The van der Waals surface area contributed by atoms with Gasteiger partial charge in [-0.2, -0.15) is 0 Å². The van der Waals surface area contributed by atoms with Crippen LogP contribution in [0.5, 0.6) is 0 Å². The lowest BCUT2D eigenvalue weighted by atomic mass is 9.79. The largest absolute Gasteiger partial charge is 0.396 e.